The van der Waals surface area contributed by atoms with E-state index < -0.39 is 17.8 Å². The van der Waals surface area contributed by atoms with E-state index in [0.717, 1.165) is 23.9 Å². The van der Waals surface area contributed by atoms with Crippen LogP contribution in [0.2, 0.25) is 5.02 Å². The lowest BCUT2D eigenvalue weighted by atomic mass is 10.2. The number of alkyl halides is 3. The topological polar surface area (TPSA) is 54.9 Å². The lowest BCUT2D eigenvalue weighted by Crippen LogP contribution is -2.14. The molecule has 0 aliphatic rings. The number of anilines is 1. The monoisotopic (exact) mass is 397 g/mol. The van der Waals surface area contributed by atoms with E-state index in [-0.39, 0.29) is 11.4 Å². The van der Waals surface area contributed by atoms with Gasteiger partial charge in [-0.2, -0.15) is 13.2 Å². The summed E-state index contributed by atoms with van der Waals surface area (Å²) in [4.78, 5) is 19.7. The van der Waals surface area contributed by atoms with Crippen molar-refractivity contribution in [3.05, 3.63) is 75.0 Å². The largest absolute Gasteiger partial charge is 0.433 e. The molecular formula is C17H11ClF3N3OS. The molecule has 0 unspecified atom stereocenters. The zero-order valence-corrected chi connectivity index (χ0v) is 14.6. The number of thiazole rings is 1. The fraction of sp³-hybridized carbons (Fsp3) is 0.118. The summed E-state index contributed by atoms with van der Waals surface area (Å²) in [7, 11) is 0. The lowest BCUT2D eigenvalue weighted by Gasteiger charge is -2.07. The molecule has 3 rings (SSSR count). The van der Waals surface area contributed by atoms with Gasteiger partial charge < -0.3 is 5.32 Å². The van der Waals surface area contributed by atoms with Gasteiger partial charge in [0.2, 0.25) is 0 Å². The van der Waals surface area contributed by atoms with E-state index >= 15 is 0 Å². The van der Waals surface area contributed by atoms with Crippen LogP contribution >= 0.6 is 22.9 Å². The highest BCUT2D eigenvalue weighted by molar-refractivity contribution is 7.09. The molecule has 26 heavy (non-hydrogen) atoms. The first-order valence-electron chi connectivity index (χ1n) is 7.35. The minimum Gasteiger partial charge on any atom is -0.319 e. The van der Waals surface area contributed by atoms with Gasteiger partial charge in [-0.25, -0.2) is 9.97 Å². The molecule has 2 aromatic heterocycles. The minimum absolute atomic E-state index is 0.156. The molecule has 0 saturated carbocycles. The summed E-state index contributed by atoms with van der Waals surface area (Å²) in [6.07, 6.45) is -3.08. The molecule has 0 atom stereocenters. The second-order valence-corrected chi connectivity index (χ2v) is 6.63. The van der Waals surface area contributed by atoms with Crippen molar-refractivity contribution >= 4 is 34.5 Å². The van der Waals surface area contributed by atoms with Gasteiger partial charge in [0.15, 0.2) is 0 Å². The van der Waals surface area contributed by atoms with Crippen LogP contribution in [0.1, 0.15) is 26.8 Å². The van der Waals surface area contributed by atoms with Gasteiger partial charge >= 0.3 is 6.18 Å². The maximum atomic E-state index is 12.5. The van der Waals surface area contributed by atoms with Gasteiger partial charge in [0.25, 0.3) is 5.91 Å². The first kappa shape index (κ1) is 18.3. The van der Waals surface area contributed by atoms with Crippen molar-refractivity contribution < 1.29 is 18.0 Å². The Morgan fingerprint density at radius 2 is 1.96 bits per heavy atom. The highest BCUT2D eigenvalue weighted by atomic mass is 35.5. The van der Waals surface area contributed by atoms with Crippen molar-refractivity contribution in [3.63, 3.8) is 0 Å². The number of carbonyl (C=O) groups excluding carboxylic acids is 1. The van der Waals surface area contributed by atoms with Crippen molar-refractivity contribution in [2.24, 2.45) is 0 Å². The predicted molar refractivity (Wildman–Crippen MR) is 93.6 cm³/mol. The third kappa shape index (κ3) is 4.39. The second-order valence-electron chi connectivity index (χ2n) is 5.28. The molecule has 3 aromatic rings. The van der Waals surface area contributed by atoms with Crippen molar-refractivity contribution in [2.45, 2.75) is 12.6 Å². The van der Waals surface area contributed by atoms with Crippen LogP contribution in [0.4, 0.5) is 18.9 Å². The minimum atomic E-state index is -4.52. The van der Waals surface area contributed by atoms with Gasteiger partial charge in [0.05, 0.1) is 16.9 Å². The molecule has 0 spiro atoms. The molecule has 4 nitrogen and oxygen atoms in total. The van der Waals surface area contributed by atoms with E-state index in [1.54, 1.807) is 11.4 Å². The summed E-state index contributed by atoms with van der Waals surface area (Å²) in [6, 6.07) is 9.28. The van der Waals surface area contributed by atoms with Crippen LogP contribution in [0.25, 0.3) is 0 Å². The Morgan fingerprint density at radius 3 is 2.62 bits per heavy atom. The number of amides is 1. The Balaban J connectivity index is 1.67. The Bertz CT molecular complexity index is 926. The van der Waals surface area contributed by atoms with Crippen LogP contribution in [0.5, 0.6) is 0 Å². The van der Waals surface area contributed by atoms with Crippen molar-refractivity contribution in [2.75, 3.05) is 5.32 Å². The van der Waals surface area contributed by atoms with E-state index in [1.807, 2.05) is 18.2 Å². The van der Waals surface area contributed by atoms with Crippen LogP contribution in [0.3, 0.4) is 0 Å². The molecule has 0 saturated heterocycles. The summed E-state index contributed by atoms with van der Waals surface area (Å²) in [5.74, 6) is -0.520. The number of rotatable bonds is 4. The third-order valence-corrected chi connectivity index (χ3v) is 4.61. The summed E-state index contributed by atoms with van der Waals surface area (Å²) in [6.45, 7) is 0. The van der Waals surface area contributed by atoms with Gasteiger partial charge in [0, 0.05) is 16.8 Å². The Morgan fingerprint density at radius 1 is 1.19 bits per heavy atom. The number of pyridine rings is 1. The lowest BCUT2D eigenvalue weighted by molar-refractivity contribution is -0.141. The first-order valence-corrected chi connectivity index (χ1v) is 8.61. The normalized spacial score (nSPS) is 11.4. The number of nitrogens with zero attached hydrogens (tertiary/aromatic N) is 2. The first-order chi connectivity index (χ1) is 12.3. The molecule has 1 amide bonds. The maximum absolute atomic E-state index is 12.5. The number of benzene rings is 1. The van der Waals surface area contributed by atoms with Crippen LogP contribution in [0.15, 0.2) is 48.0 Å². The zero-order valence-electron chi connectivity index (χ0n) is 13.0. The number of nitrogens with one attached hydrogen (secondary N) is 1. The number of halogens is 4. The van der Waals surface area contributed by atoms with E-state index in [0.29, 0.717) is 16.5 Å². The van der Waals surface area contributed by atoms with Gasteiger partial charge in [0.1, 0.15) is 11.4 Å². The molecule has 0 fully saturated rings. The number of carbonyl (C=O) groups is 1. The molecule has 1 aromatic carbocycles. The fourth-order valence-corrected chi connectivity index (χ4v) is 3.13. The number of hydrogen-bond acceptors (Lipinski definition) is 4. The van der Waals surface area contributed by atoms with Crippen molar-refractivity contribution in [1.82, 2.24) is 9.97 Å². The van der Waals surface area contributed by atoms with Crippen molar-refractivity contribution in [1.29, 1.82) is 0 Å². The summed E-state index contributed by atoms with van der Waals surface area (Å²) < 4.78 is 37.5. The molecule has 9 heteroatoms. The van der Waals surface area contributed by atoms with Crippen LogP contribution in [-0.4, -0.2) is 15.9 Å². The SMILES string of the molecule is O=C(Nc1ccc(C(F)(F)F)nc1)c1csc(Cc2ccccc2Cl)n1. The zero-order chi connectivity index (χ0) is 18.7. The molecule has 2 heterocycles. The third-order valence-electron chi connectivity index (χ3n) is 3.40. The Hall–Kier alpha value is -2.45. The smallest absolute Gasteiger partial charge is 0.319 e. The average Bonchev–Trinajstić information content (AvgIpc) is 3.05. The Kier molecular flexibility index (Phi) is 5.24. The predicted octanol–water partition coefficient (Wildman–Crippen LogP) is 5.05. The van der Waals surface area contributed by atoms with Crippen LogP contribution in [-0.2, 0) is 12.6 Å². The molecular weight excluding hydrogens is 387 g/mol. The van der Waals surface area contributed by atoms with Gasteiger partial charge in [-0.15, -0.1) is 11.3 Å². The summed E-state index contributed by atoms with van der Waals surface area (Å²) in [5, 5.41) is 5.38. The second kappa shape index (κ2) is 7.43. The maximum Gasteiger partial charge on any atom is 0.433 e. The molecule has 0 radical (unpaired) electrons. The fourth-order valence-electron chi connectivity index (χ4n) is 2.13. The summed E-state index contributed by atoms with van der Waals surface area (Å²) in [5.41, 5.74) is 0.203. The molecule has 0 aliphatic carbocycles. The van der Waals surface area contributed by atoms with E-state index in [9.17, 15) is 18.0 Å². The van der Waals surface area contributed by atoms with Crippen molar-refractivity contribution in [3.8, 4) is 0 Å². The van der Waals surface area contributed by atoms with E-state index in [1.165, 1.54) is 11.3 Å². The highest BCUT2D eigenvalue weighted by Gasteiger charge is 2.32. The van der Waals surface area contributed by atoms with E-state index in [4.69, 9.17) is 11.6 Å². The summed E-state index contributed by atoms with van der Waals surface area (Å²) >= 11 is 7.41. The molecule has 0 aliphatic heterocycles. The Labute approximate surface area is 155 Å². The average molecular weight is 398 g/mol. The number of hydrogen-bond donors (Lipinski definition) is 1. The van der Waals surface area contributed by atoms with E-state index in [2.05, 4.69) is 15.3 Å². The van der Waals surface area contributed by atoms with Gasteiger partial charge in [-0.3, -0.25) is 4.79 Å². The molecule has 0 bridgehead atoms. The quantitative estimate of drug-likeness (QED) is 0.670. The number of aromatic nitrogens is 2. The van der Waals surface area contributed by atoms with Gasteiger partial charge in [-0.05, 0) is 23.8 Å². The molecule has 1 N–H and O–H groups in total. The van der Waals surface area contributed by atoms with Crippen LogP contribution < -0.4 is 5.32 Å². The highest BCUT2D eigenvalue weighted by Crippen LogP contribution is 2.28. The van der Waals surface area contributed by atoms with Crippen LogP contribution in [0, 0.1) is 0 Å². The van der Waals surface area contributed by atoms with Gasteiger partial charge in [-0.1, -0.05) is 29.8 Å². The standard InChI is InChI=1S/C17H11ClF3N3OS/c18-12-4-2-1-3-10(12)7-15-24-13(9-26-15)16(25)23-11-5-6-14(22-8-11)17(19,20)21/h1-6,8-9H,7H2,(H,23,25). The molecule has 134 valence electrons.